The zero-order valence-corrected chi connectivity index (χ0v) is 16.4. The van der Waals surface area contributed by atoms with Crippen molar-refractivity contribution in [3.05, 3.63) is 52.0 Å². The lowest BCUT2D eigenvalue weighted by molar-refractivity contribution is -0.129. The summed E-state index contributed by atoms with van der Waals surface area (Å²) in [5, 5.41) is 2.73. The molecule has 0 unspecified atom stereocenters. The molecule has 0 fully saturated rings. The van der Waals surface area contributed by atoms with Crippen molar-refractivity contribution in [2.75, 3.05) is 13.9 Å². The second-order valence-corrected chi connectivity index (χ2v) is 6.66. The molecule has 0 aromatic heterocycles. The molecule has 0 radical (unpaired) electrons. The number of rotatable bonds is 6. The van der Waals surface area contributed by atoms with Gasteiger partial charge in [0.05, 0.1) is 17.1 Å². The molecule has 0 bridgehead atoms. The molecule has 2 aromatic rings. The average molecular weight is 436 g/mol. The zero-order chi connectivity index (χ0) is 19.4. The van der Waals surface area contributed by atoms with E-state index >= 15 is 0 Å². The van der Waals surface area contributed by atoms with Crippen molar-refractivity contribution in [2.24, 2.45) is 0 Å². The van der Waals surface area contributed by atoms with Crippen LogP contribution >= 0.6 is 15.9 Å². The monoisotopic (exact) mass is 435 g/mol. The number of carbonyl (C=O) groups excluding carboxylic acids is 2. The normalized spacial score (nSPS) is 13.0. The van der Waals surface area contributed by atoms with Crippen molar-refractivity contribution in [3.8, 4) is 17.2 Å². The minimum atomic E-state index is -0.938. The quantitative estimate of drug-likeness (QED) is 0.702. The molecule has 1 N–H and O–H groups in total. The van der Waals surface area contributed by atoms with Gasteiger partial charge in [-0.3, -0.25) is 4.79 Å². The number of halogens is 1. The zero-order valence-electron chi connectivity index (χ0n) is 14.8. The van der Waals surface area contributed by atoms with Crippen molar-refractivity contribution in [1.82, 2.24) is 5.32 Å². The molecular weight excluding hydrogens is 418 g/mol. The number of amides is 1. The summed E-state index contributed by atoms with van der Waals surface area (Å²) >= 11 is 3.31. The van der Waals surface area contributed by atoms with Crippen LogP contribution in [0.4, 0.5) is 0 Å². The lowest BCUT2D eigenvalue weighted by Crippen LogP contribution is -2.35. The molecule has 3 rings (SSSR count). The number of hydrogen-bond acceptors (Lipinski definition) is 6. The largest absolute Gasteiger partial charge is 0.496 e. The molecule has 1 amide bonds. The van der Waals surface area contributed by atoms with E-state index in [1.807, 2.05) is 6.07 Å². The van der Waals surface area contributed by atoms with Gasteiger partial charge in [0.2, 0.25) is 6.79 Å². The van der Waals surface area contributed by atoms with Crippen LogP contribution in [0.3, 0.4) is 0 Å². The molecule has 1 heterocycles. The van der Waals surface area contributed by atoms with Crippen molar-refractivity contribution in [3.63, 3.8) is 0 Å². The van der Waals surface area contributed by atoms with Crippen LogP contribution in [0, 0.1) is 0 Å². The first-order valence-corrected chi connectivity index (χ1v) is 8.98. The summed E-state index contributed by atoms with van der Waals surface area (Å²) in [5.74, 6) is 0.933. The maximum Gasteiger partial charge on any atom is 0.338 e. The molecular formula is C19H18BrNO6. The number of carbonyl (C=O) groups is 2. The molecule has 1 aliphatic rings. The minimum absolute atomic E-state index is 0.194. The van der Waals surface area contributed by atoms with Crippen LogP contribution in [-0.2, 0) is 16.1 Å². The van der Waals surface area contributed by atoms with Gasteiger partial charge in [-0.05, 0) is 58.7 Å². The molecule has 7 nitrogen and oxygen atoms in total. The van der Waals surface area contributed by atoms with Crippen molar-refractivity contribution >= 4 is 27.8 Å². The topological polar surface area (TPSA) is 83.1 Å². The molecule has 0 aliphatic carbocycles. The van der Waals surface area contributed by atoms with E-state index in [0.29, 0.717) is 27.3 Å². The fourth-order valence-corrected chi connectivity index (χ4v) is 3.00. The minimum Gasteiger partial charge on any atom is -0.496 e. The van der Waals surface area contributed by atoms with Gasteiger partial charge in [-0.15, -0.1) is 0 Å². The second-order valence-electron chi connectivity index (χ2n) is 5.80. The SMILES string of the molecule is COc1ccc(C(=O)O[C@H](C)C(=O)NCc2ccc3c(c2)OCO3)cc1Br. The number of methoxy groups -OCH3 is 1. The Morgan fingerprint density at radius 2 is 1.96 bits per heavy atom. The second kappa shape index (κ2) is 8.30. The first-order chi connectivity index (χ1) is 13.0. The first kappa shape index (κ1) is 19.0. The molecule has 1 aliphatic heterocycles. The van der Waals surface area contributed by atoms with Crippen LogP contribution in [0.5, 0.6) is 17.2 Å². The maximum absolute atomic E-state index is 12.2. The van der Waals surface area contributed by atoms with Crippen LogP contribution in [0.2, 0.25) is 0 Å². The summed E-state index contributed by atoms with van der Waals surface area (Å²) < 4.78 is 21.5. The van der Waals surface area contributed by atoms with Crippen molar-refractivity contribution in [2.45, 2.75) is 19.6 Å². The third kappa shape index (κ3) is 4.51. The van der Waals surface area contributed by atoms with Crippen LogP contribution < -0.4 is 19.5 Å². The molecule has 0 saturated carbocycles. The fraction of sp³-hybridized carbons (Fsp3) is 0.263. The van der Waals surface area contributed by atoms with Crippen molar-refractivity contribution < 1.29 is 28.5 Å². The number of fused-ring (bicyclic) bond motifs is 1. The van der Waals surface area contributed by atoms with E-state index in [1.165, 1.54) is 14.0 Å². The molecule has 2 aromatic carbocycles. The fourth-order valence-electron chi connectivity index (χ4n) is 2.46. The van der Waals surface area contributed by atoms with E-state index in [1.54, 1.807) is 30.3 Å². The van der Waals surface area contributed by atoms with E-state index in [0.717, 1.165) is 5.56 Å². The molecule has 0 saturated heterocycles. The summed E-state index contributed by atoms with van der Waals surface area (Å²) in [6.45, 7) is 2.00. The van der Waals surface area contributed by atoms with E-state index in [4.69, 9.17) is 18.9 Å². The summed E-state index contributed by atoms with van der Waals surface area (Å²) in [7, 11) is 1.53. The van der Waals surface area contributed by atoms with Crippen LogP contribution in [0.15, 0.2) is 40.9 Å². The van der Waals surface area contributed by atoms with Gasteiger partial charge < -0.3 is 24.3 Å². The van der Waals surface area contributed by atoms with Gasteiger partial charge in [0.15, 0.2) is 17.6 Å². The number of benzene rings is 2. The molecule has 27 heavy (non-hydrogen) atoms. The Labute approximate surface area is 164 Å². The lowest BCUT2D eigenvalue weighted by atomic mass is 10.2. The first-order valence-electron chi connectivity index (χ1n) is 8.18. The maximum atomic E-state index is 12.2. The highest BCUT2D eigenvalue weighted by Gasteiger charge is 2.20. The van der Waals surface area contributed by atoms with Gasteiger partial charge in [-0.2, -0.15) is 0 Å². The highest BCUT2D eigenvalue weighted by atomic mass is 79.9. The Bertz CT molecular complexity index is 869. The Morgan fingerprint density at radius 3 is 2.70 bits per heavy atom. The summed E-state index contributed by atoms with van der Waals surface area (Å²) in [6.07, 6.45) is -0.938. The number of ether oxygens (including phenoxy) is 4. The van der Waals surface area contributed by atoms with Gasteiger partial charge in [0.1, 0.15) is 5.75 Å². The standard InChI is InChI=1S/C19H18BrNO6/c1-11(27-19(23)13-4-6-15(24-2)14(20)8-13)18(22)21-9-12-3-5-16-17(7-12)26-10-25-16/h3-8,11H,9-10H2,1-2H3,(H,21,22)/t11-/m1/s1. The van der Waals surface area contributed by atoms with Gasteiger partial charge in [0.25, 0.3) is 5.91 Å². The van der Waals surface area contributed by atoms with Crippen LogP contribution in [-0.4, -0.2) is 31.9 Å². The van der Waals surface area contributed by atoms with Gasteiger partial charge in [-0.1, -0.05) is 6.07 Å². The van der Waals surface area contributed by atoms with Crippen LogP contribution in [0.25, 0.3) is 0 Å². The Hall–Kier alpha value is -2.74. The van der Waals surface area contributed by atoms with E-state index in [-0.39, 0.29) is 13.3 Å². The highest BCUT2D eigenvalue weighted by Crippen LogP contribution is 2.32. The van der Waals surface area contributed by atoms with Crippen LogP contribution in [0.1, 0.15) is 22.8 Å². The van der Waals surface area contributed by atoms with Crippen molar-refractivity contribution in [1.29, 1.82) is 0 Å². The number of esters is 1. The Morgan fingerprint density at radius 1 is 1.19 bits per heavy atom. The molecule has 8 heteroatoms. The average Bonchev–Trinajstić information content (AvgIpc) is 3.13. The predicted octanol–water partition coefficient (Wildman–Crippen LogP) is 3.05. The predicted molar refractivity (Wildman–Crippen MR) is 100.0 cm³/mol. The Kier molecular flexibility index (Phi) is 5.85. The summed E-state index contributed by atoms with van der Waals surface area (Å²) in [5.41, 5.74) is 1.17. The van der Waals surface area contributed by atoms with Gasteiger partial charge >= 0.3 is 5.97 Å². The van der Waals surface area contributed by atoms with Gasteiger partial charge in [-0.25, -0.2) is 4.79 Å². The smallest absolute Gasteiger partial charge is 0.338 e. The molecule has 0 spiro atoms. The third-order valence-electron chi connectivity index (χ3n) is 3.94. The summed E-state index contributed by atoms with van der Waals surface area (Å²) in [6, 6.07) is 10.2. The van der Waals surface area contributed by atoms with E-state index in [2.05, 4.69) is 21.2 Å². The molecule has 142 valence electrons. The van der Waals surface area contributed by atoms with Gasteiger partial charge in [0, 0.05) is 6.54 Å². The van der Waals surface area contributed by atoms with E-state index < -0.39 is 18.0 Å². The summed E-state index contributed by atoms with van der Waals surface area (Å²) in [4.78, 5) is 24.4. The molecule has 1 atom stereocenters. The van der Waals surface area contributed by atoms with E-state index in [9.17, 15) is 9.59 Å². The lowest BCUT2D eigenvalue weighted by Gasteiger charge is -2.14. The number of hydrogen-bond donors (Lipinski definition) is 1. The number of nitrogens with one attached hydrogen (secondary N) is 1. The highest BCUT2D eigenvalue weighted by molar-refractivity contribution is 9.10. The Balaban J connectivity index is 1.54. The third-order valence-corrected chi connectivity index (χ3v) is 4.56.